The molecule has 2 unspecified atom stereocenters. The van der Waals surface area contributed by atoms with E-state index in [2.05, 4.69) is 15.6 Å². The first kappa shape index (κ1) is 18.9. The first-order valence-corrected chi connectivity index (χ1v) is 10.0. The van der Waals surface area contributed by atoms with Gasteiger partial charge in [0.1, 0.15) is 11.5 Å². The molecule has 2 aliphatic rings. The van der Waals surface area contributed by atoms with Gasteiger partial charge in [-0.15, -0.1) is 0 Å². The van der Waals surface area contributed by atoms with E-state index < -0.39 is 29.0 Å². The van der Waals surface area contributed by atoms with Crippen LogP contribution in [0, 0.1) is 6.92 Å². The fourth-order valence-electron chi connectivity index (χ4n) is 3.18. The van der Waals surface area contributed by atoms with Gasteiger partial charge in [-0.25, -0.2) is 0 Å². The van der Waals surface area contributed by atoms with Crippen LogP contribution in [0.15, 0.2) is 24.4 Å². The van der Waals surface area contributed by atoms with Crippen molar-refractivity contribution in [2.45, 2.75) is 30.7 Å². The van der Waals surface area contributed by atoms with Crippen molar-refractivity contribution >= 4 is 22.2 Å². The van der Waals surface area contributed by atoms with Crippen LogP contribution >= 0.6 is 0 Å². The first-order chi connectivity index (χ1) is 13.3. The van der Waals surface area contributed by atoms with E-state index in [1.165, 1.54) is 12.3 Å². The molecule has 1 aromatic carbocycles. The molecule has 6 nitrogen and oxygen atoms in total. The summed E-state index contributed by atoms with van der Waals surface area (Å²) in [6.45, 7) is 0.886. The largest absolute Gasteiger partial charge is 0.484 e. The quantitative estimate of drug-likeness (QED) is 0.784. The lowest BCUT2D eigenvalue weighted by atomic mass is 10.1. The molecular formula is C18H18F3N3O3S. The Morgan fingerprint density at radius 3 is 2.82 bits per heavy atom. The molecule has 0 bridgehead atoms. The SMILES string of the molecule is Cc1c(OCC(F)(F)F)ccnc1CS(=O)C1Cc2cc3c(cc2O1)NCN3. The molecule has 2 aliphatic heterocycles. The first-order valence-electron chi connectivity index (χ1n) is 8.63. The van der Waals surface area contributed by atoms with Crippen molar-refractivity contribution in [3.63, 3.8) is 0 Å². The van der Waals surface area contributed by atoms with Crippen LogP contribution in [0.1, 0.15) is 16.8 Å². The topological polar surface area (TPSA) is 72.5 Å². The summed E-state index contributed by atoms with van der Waals surface area (Å²) in [5.74, 6) is 0.855. The standard InChI is InChI=1S/C18H18F3N3O3S/c1-10-14(22-3-2-15(10)26-8-18(19,20)21)7-28(25)17-5-11-4-12-13(24-9-23-12)6-16(11)27-17/h2-4,6,17,23-24H,5,7-9H2,1H3. The van der Waals surface area contributed by atoms with Gasteiger partial charge in [-0.3, -0.25) is 9.19 Å². The fourth-order valence-corrected chi connectivity index (χ4v) is 4.50. The third-order valence-electron chi connectivity index (χ3n) is 4.63. The maximum atomic E-state index is 12.8. The summed E-state index contributed by atoms with van der Waals surface area (Å²) in [7, 11) is -1.41. The zero-order valence-electron chi connectivity index (χ0n) is 14.9. The number of alkyl halides is 3. The Hall–Kier alpha value is -2.49. The number of anilines is 2. The molecule has 0 saturated heterocycles. The van der Waals surface area contributed by atoms with Gasteiger partial charge in [-0.2, -0.15) is 13.2 Å². The third-order valence-corrected chi connectivity index (χ3v) is 6.03. The zero-order chi connectivity index (χ0) is 19.9. The molecular weight excluding hydrogens is 395 g/mol. The molecule has 3 heterocycles. The normalized spacial score (nSPS) is 18.5. The van der Waals surface area contributed by atoms with Gasteiger partial charge < -0.3 is 20.1 Å². The summed E-state index contributed by atoms with van der Waals surface area (Å²) in [5, 5.41) is 6.38. The van der Waals surface area contributed by atoms with E-state index >= 15 is 0 Å². The molecule has 0 spiro atoms. The maximum Gasteiger partial charge on any atom is 0.422 e. The van der Waals surface area contributed by atoms with Gasteiger partial charge in [0.15, 0.2) is 12.0 Å². The zero-order valence-corrected chi connectivity index (χ0v) is 15.7. The Bertz CT molecular complexity index is 903. The number of nitrogens with one attached hydrogen (secondary N) is 2. The molecule has 0 amide bonds. The van der Waals surface area contributed by atoms with Crippen molar-refractivity contribution < 1.29 is 26.9 Å². The highest BCUT2D eigenvalue weighted by molar-refractivity contribution is 7.84. The van der Waals surface area contributed by atoms with Crippen LogP contribution in [0.2, 0.25) is 0 Å². The average Bonchev–Trinajstić information content (AvgIpc) is 3.25. The predicted octanol–water partition coefficient (Wildman–Crippen LogP) is 3.34. The smallest absolute Gasteiger partial charge is 0.422 e. The Morgan fingerprint density at radius 2 is 2.07 bits per heavy atom. The number of halogens is 3. The fraction of sp³-hybridized carbons (Fsp3) is 0.389. The Balaban J connectivity index is 1.44. The molecule has 2 atom stereocenters. The second kappa shape index (κ2) is 7.16. The molecule has 28 heavy (non-hydrogen) atoms. The molecule has 2 aromatic rings. The highest BCUT2D eigenvalue weighted by Gasteiger charge is 2.31. The summed E-state index contributed by atoms with van der Waals surface area (Å²) in [4.78, 5) is 4.16. The van der Waals surface area contributed by atoms with E-state index in [0.29, 0.717) is 30.1 Å². The van der Waals surface area contributed by atoms with Crippen LogP contribution in [0.25, 0.3) is 0 Å². The molecule has 4 rings (SSSR count). The molecule has 10 heteroatoms. The number of hydrogen-bond acceptors (Lipinski definition) is 6. The van der Waals surface area contributed by atoms with Gasteiger partial charge >= 0.3 is 6.18 Å². The third kappa shape index (κ3) is 3.87. The van der Waals surface area contributed by atoms with Crippen molar-refractivity contribution in [1.82, 2.24) is 4.98 Å². The number of rotatable bonds is 5. The van der Waals surface area contributed by atoms with Crippen LogP contribution < -0.4 is 20.1 Å². The van der Waals surface area contributed by atoms with Crippen LogP contribution in [0.3, 0.4) is 0 Å². The Labute approximate surface area is 161 Å². The molecule has 2 N–H and O–H groups in total. The van der Waals surface area contributed by atoms with Gasteiger partial charge in [-0.05, 0) is 19.1 Å². The van der Waals surface area contributed by atoms with Crippen molar-refractivity contribution in [1.29, 1.82) is 0 Å². The summed E-state index contributed by atoms with van der Waals surface area (Å²) in [6, 6.07) is 5.24. The van der Waals surface area contributed by atoms with Gasteiger partial charge in [-0.1, -0.05) is 0 Å². The van der Waals surface area contributed by atoms with Crippen LogP contribution in [0.5, 0.6) is 11.5 Å². The van der Waals surface area contributed by atoms with E-state index in [1.807, 2.05) is 12.1 Å². The van der Waals surface area contributed by atoms with Crippen LogP contribution in [-0.2, 0) is 23.0 Å². The second-order valence-corrected chi connectivity index (χ2v) is 8.17. The number of ether oxygens (including phenoxy) is 2. The number of benzene rings is 1. The van der Waals surface area contributed by atoms with Gasteiger partial charge in [0.25, 0.3) is 0 Å². The van der Waals surface area contributed by atoms with Gasteiger partial charge in [0.2, 0.25) is 0 Å². The predicted molar refractivity (Wildman–Crippen MR) is 99.0 cm³/mol. The van der Waals surface area contributed by atoms with Crippen molar-refractivity contribution in [3.8, 4) is 11.5 Å². The summed E-state index contributed by atoms with van der Waals surface area (Å²) in [6.07, 6.45) is -2.57. The summed E-state index contributed by atoms with van der Waals surface area (Å²) >= 11 is 0. The van der Waals surface area contributed by atoms with Gasteiger partial charge in [0, 0.05) is 29.8 Å². The lowest BCUT2D eigenvalue weighted by Gasteiger charge is -2.15. The minimum atomic E-state index is -4.42. The monoisotopic (exact) mass is 413 g/mol. The minimum absolute atomic E-state index is 0.0733. The van der Waals surface area contributed by atoms with E-state index in [9.17, 15) is 17.4 Å². The number of fused-ring (bicyclic) bond motifs is 2. The van der Waals surface area contributed by atoms with Crippen molar-refractivity contribution in [2.75, 3.05) is 23.9 Å². The molecule has 0 radical (unpaired) electrons. The molecule has 0 fully saturated rings. The lowest BCUT2D eigenvalue weighted by Crippen LogP contribution is -2.22. The summed E-state index contributed by atoms with van der Waals surface area (Å²) in [5.41, 5.74) is 3.25. The van der Waals surface area contributed by atoms with Crippen LogP contribution in [-0.4, -0.2) is 34.1 Å². The number of pyridine rings is 1. The van der Waals surface area contributed by atoms with E-state index in [1.54, 1.807) is 6.92 Å². The number of nitrogens with zero attached hydrogens (tertiary/aromatic N) is 1. The molecule has 0 saturated carbocycles. The van der Waals surface area contributed by atoms with E-state index in [4.69, 9.17) is 9.47 Å². The molecule has 0 aliphatic carbocycles. The lowest BCUT2D eigenvalue weighted by molar-refractivity contribution is -0.153. The molecule has 150 valence electrons. The maximum absolute atomic E-state index is 12.8. The average molecular weight is 413 g/mol. The van der Waals surface area contributed by atoms with Crippen molar-refractivity contribution in [2.24, 2.45) is 0 Å². The second-order valence-electron chi connectivity index (χ2n) is 6.60. The highest BCUT2D eigenvalue weighted by Crippen LogP contribution is 2.39. The Morgan fingerprint density at radius 1 is 1.32 bits per heavy atom. The highest BCUT2D eigenvalue weighted by atomic mass is 32.2. The van der Waals surface area contributed by atoms with E-state index in [-0.39, 0.29) is 11.5 Å². The Kier molecular flexibility index (Phi) is 4.82. The van der Waals surface area contributed by atoms with E-state index in [0.717, 1.165) is 16.9 Å². The van der Waals surface area contributed by atoms with Crippen molar-refractivity contribution in [3.05, 3.63) is 41.2 Å². The number of hydrogen-bond donors (Lipinski definition) is 2. The minimum Gasteiger partial charge on any atom is -0.484 e. The number of aromatic nitrogens is 1. The molecule has 1 aromatic heterocycles. The summed E-state index contributed by atoms with van der Waals surface area (Å²) < 4.78 is 60.7. The van der Waals surface area contributed by atoms with Gasteiger partial charge in [0.05, 0.1) is 40.3 Å². The van der Waals surface area contributed by atoms with Crippen LogP contribution in [0.4, 0.5) is 24.5 Å².